The molecule has 0 saturated heterocycles. The Morgan fingerprint density at radius 1 is 1.14 bits per heavy atom. The van der Waals surface area contributed by atoms with Crippen LogP contribution in [0.2, 0.25) is 0 Å². The second-order valence-electron chi connectivity index (χ2n) is 9.49. The minimum Gasteiger partial charge on any atom is -0.508 e. The van der Waals surface area contributed by atoms with Crippen molar-refractivity contribution in [3.05, 3.63) is 94.2 Å². The number of hydrogen-bond donors (Lipinski definition) is 4. The van der Waals surface area contributed by atoms with Gasteiger partial charge in [0, 0.05) is 24.0 Å². The summed E-state index contributed by atoms with van der Waals surface area (Å²) in [7, 11) is 0. The molecule has 180 valence electrons. The van der Waals surface area contributed by atoms with Gasteiger partial charge in [-0.15, -0.1) is 0 Å². The Balaban J connectivity index is 1.31. The number of anilines is 1. The molecule has 2 atom stereocenters. The maximum absolute atomic E-state index is 13.1. The molecule has 1 aliphatic heterocycles. The molecule has 0 saturated carbocycles. The molecule has 1 aliphatic rings. The molecule has 2 heterocycles. The molecular formula is C29H31N3O3. The van der Waals surface area contributed by atoms with Gasteiger partial charge in [0.2, 0.25) is 5.91 Å². The number of carbonyl (C=O) groups excluding carboxylic acids is 1. The number of phenolic OH excluding ortho intramolecular Hbond substituents is 1. The first-order chi connectivity index (χ1) is 16.9. The molecule has 1 amide bonds. The fourth-order valence-corrected chi connectivity index (χ4v) is 5.04. The monoisotopic (exact) mass is 469 g/mol. The Labute approximate surface area is 205 Å². The zero-order valence-corrected chi connectivity index (χ0v) is 20.1. The highest BCUT2D eigenvalue weighted by Crippen LogP contribution is 2.32. The van der Waals surface area contributed by atoms with Crippen molar-refractivity contribution >= 4 is 22.6 Å². The van der Waals surface area contributed by atoms with Crippen LogP contribution in [0.1, 0.15) is 46.0 Å². The van der Waals surface area contributed by atoms with Gasteiger partial charge in [-0.05, 0) is 84.8 Å². The average molecular weight is 470 g/mol. The highest BCUT2D eigenvalue weighted by molar-refractivity contribution is 5.83. The lowest BCUT2D eigenvalue weighted by Gasteiger charge is -2.29. The van der Waals surface area contributed by atoms with Crippen molar-refractivity contribution in [3.63, 3.8) is 0 Å². The van der Waals surface area contributed by atoms with E-state index in [-0.39, 0.29) is 17.7 Å². The summed E-state index contributed by atoms with van der Waals surface area (Å²) in [6.07, 6.45) is 1.89. The van der Waals surface area contributed by atoms with Gasteiger partial charge < -0.3 is 25.9 Å². The smallest absolute Gasteiger partial charge is 0.237 e. The Bertz CT molecular complexity index is 1340. The van der Waals surface area contributed by atoms with E-state index in [1.807, 2.05) is 32.0 Å². The van der Waals surface area contributed by atoms with Gasteiger partial charge in [-0.3, -0.25) is 4.79 Å². The number of aryl methyl sites for hydroxylation is 2. The summed E-state index contributed by atoms with van der Waals surface area (Å²) in [5.41, 5.74) is 13.3. The molecule has 0 fully saturated rings. The van der Waals surface area contributed by atoms with Gasteiger partial charge in [0.1, 0.15) is 17.1 Å². The highest BCUT2D eigenvalue weighted by atomic mass is 16.3. The van der Waals surface area contributed by atoms with Crippen molar-refractivity contribution < 1.29 is 14.3 Å². The largest absolute Gasteiger partial charge is 0.508 e. The van der Waals surface area contributed by atoms with E-state index in [4.69, 9.17) is 10.2 Å². The molecule has 4 aromatic rings. The maximum atomic E-state index is 13.1. The van der Waals surface area contributed by atoms with Gasteiger partial charge >= 0.3 is 0 Å². The van der Waals surface area contributed by atoms with Crippen LogP contribution < -0.4 is 16.4 Å². The number of nitrogens with two attached hydrogens (primary N) is 1. The van der Waals surface area contributed by atoms with Crippen LogP contribution in [0.5, 0.6) is 5.75 Å². The summed E-state index contributed by atoms with van der Waals surface area (Å²) in [6.45, 7) is 4.64. The van der Waals surface area contributed by atoms with E-state index in [0.717, 1.165) is 63.2 Å². The summed E-state index contributed by atoms with van der Waals surface area (Å²) in [4.78, 5) is 13.1. The second kappa shape index (κ2) is 9.47. The number of rotatable bonds is 6. The normalized spacial score (nSPS) is 15.9. The molecule has 3 aromatic carbocycles. The van der Waals surface area contributed by atoms with Gasteiger partial charge in [-0.25, -0.2) is 0 Å². The van der Waals surface area contributed by atoms with Crippen LogP contribution in [0.25, 0.3) is 11.0 Å². The number of carbonyl (C=O) groups is 1. The fraction of sp³-hybridized carbons (Fsp3) is 0.276. The Hall–Kier alpha value is -3.77. The van der Waals surface area contributed by atoms with Crippen LogP contribution in [0.4, 0.5) is 5.69 Å². The Morgan fingerprint density at radius 2 is 1.91 bits per heavy atom. The molecule has 1 aromatic heterocycles. The predicted molar refractivity (Wildman–Crippen MR) is 139 cm³/mol. The molecule has 5 N–H and O–H groups in total. The Kier molecular flexibility index (Phi) is 6.22. The summed E-state index contributed by atoms with van der Waals surface area (Å²) in [5, 5.41) is 17.5. The van der Waals surface area contributed by atoms with Crippen molar-refractivity contribution in [1.82, 2.24) is 5.32 Å². The quantitative estimate of drug-likeness (QED) is 0.322. The highest BCUT2D eigenvalue weighted by Gasteiger charge is 2.25. The van der Waals surface area contributed by atoms with E-state index in [1.165, 1.54) is 0 Å². The maximum Gasteiger partial charge on any atom is 0.237 e. The lowest BCUT2D eigenvalue weighted by Crippen LogP contribution is -2.44. The zero-order chi connectivity index (χ0) is 24.5. The number of phenols is 1. The van der Waals surface area contributed by atoms with Crippen molar-refractivity contribution in [2.75, 3.05) is 11.9 Å². The van der Waals surface area contributed by atoms with E-state index < -0.39 is 6.04 Å². The summed E-state index contributed by atoms with van der Waals surface area (Å²) >= 11 is 0. The molecule has 0 bridgehead atoms. The van der Waals surface area contributed by atoms with Crippen LogP contribution in [0, 0.1) is 13.8 Å². The number of furan rings is 1. The number of aromatic hydroxyl groups is 1. The van der Waals surface area contributed by atoms with Crippen LogP contribution in [-0.4, -0.2) is 23.6 Å². The minimum absolute atomic E-state index is 0.109. The van der Waals surface area contributed by atoms with Crippen molar-refractivity contribution in [2.24, 2.45) is 5.73 Å². The number of para-hydroxylation sites is 1. The zero-order valence-electron chi connectivity index (χ0n) is 20.1. The SMILES string of the molecule is Cc1cc(O)cc(C)c1C[C@H](N)C(=O)N[C@@H]1CCNc2ccc(Cc3cc4ccccc4o3)cc21. The first-order valence-electron chi connectivity index (χ1n) is 12.1. The lowest BCUT2D eigenvalue weighted by molar-refractivity contribution is -0.123. The van der Waals surface area contributed by atoms with Gasteiger partial charge in [0.05, 0.1) is 12.1 Å². The van der Waals surface area contributed by atoms with Gasteiger partial charge in [-0.1, -0.05) is 30.3 Å². The first-order valence-corrected chi connectivity index (χ1v) is 12.1. The topological polar surface area (TPSA) is 101 Å². The second-order valence-corrected chi connectivity index (χ2v) is 9.49. The molecular weight excluding hydrogens is 438 g/mol. The van der Waals surface area contributed by atoms with E-state index in [1.54, 1.807) is 12.1 Å². The number of hydrogen-bond acceptors (Lipinski definition) is 5. The fourth-order valence-electron chi connectivity index (χ4n) is 5.04. The number of amides is 1. The molecule has 5 rings (SSSR count). The third-order valence-electron chi connectivity index (χ3n) is 6.85. The van der Waals surface area contributed by atoms with Gasteiger partial charge in [-0.2, -0.15) is 0 Å². The molecule has 6 nitrogen and oxygen atoms in total. The molecule has 0 radical (unpaired) electrons. The van der Waals surface area contributed by atoms with Crippen LogP contribution in [0.3, 0.4) is 0 Å². The third kappa shape index (κ3) is 4.88. The minimum atomic E-state index is -0.672. The molecule has 0 spiro atoms. The number of nitrogens with one attached hydrogen (secondary N) is 2. The molecule has 6 heteroatoms. The van der Waals surface area contributed by atoms with Crippen LogP contribution in [0.15, 0.2) is 65.1 Å². The Morgan fingerprint density at radius 3 is 2.69 bits per heavy atom. The summed E-state index contributed by atoms with van der Waals surface area (Å²) in [6, 6.07) is 19.1. The molecule has 0 unspecified atom stereocenters. The van der Waals surface area contributed by atoms with Crippen molar-refractivity contribution in [3.8, 4) is 5.75 Å². The first kappa shape index (κ1) is 23.0. The van der Waals surface area contributed by atoms with Crippen molar-refractivity contribution in [1.29, 1.82) is 0 Å². The van der Waals surface area contributed by atoms with Gasteiger partial charge in [0.25, 0.3) is 0 Å². The molecule has 35 heavy (non-hydrogen) atoms. The number of benzene rings is 3. The predicted octanol–water partition coefficient (Wildman–Crippen LogP) is 4.89. The number of fused-ring (bicyclic) bond motifs is 2. The van der Waals surface area contributed by atoms with E-state index in [2.05, 4.69) is 41.0 Å². The molecule has 0 aliphatic carbocycles. The van der Waals surface area contributed by atoms with Crippen LogP contribution >= 0.6 is 0 Å². The van der Waals surface area contributed by atoms with E-state index >= 15 is 0 Å². The lowest BCUT2D eigenvalue weighted by atomic mass is 9.93. The van der Waals surface area contributed by atoms with Crippen LogP contribution in [-0.2, 0) is 17.6 Å². The summed E-state index contributed by atoms with van der Waals surface area (Å²) < 4.78 is 6.00. The summed E-state index contributed by atoms with van der Waals surface area (Å²) in [5.74, 6) is 0.973. The van der Waals surface area contributed by atoms with E-state index in [9.17, 15) is 9.90 Å². The van der Waals surface area contributed by atoms with Crippen molar-refractivity contribution in [2.45, 2.75) is 45.2 Å². The standard InChI is InChI=1S/C29H31N3O3/c1-17-11-21(33)12-18(2)23(17)16-25(30)29(34)32-27-9-10-31-26-8-7-19(14-24(26)27)13-22-15-20-5-3-4-6-28(20)35-22/h3-8,11-12,14-15,25,27,31,33H,9-10,13,16,30H2,1-2H3,(H,32,34)/t25-,27+/m0/s1. The third-order valence-corrected chi connectivity index (χ3v) is 6.85. The van der Waals surface area contributed by atoms with E-state index in [0.29, 0.717) is 12.8 Å². The average Bonchev–Trinajstić information content (AvgIpc) is 3.24. The van der Waals surface area contributed by atoms with Gasteiger partial charge in [0.15, 0.2) is 0 Å².